The maximum atomic E-state index is 5.70. The van der Waals surface area contributed by atoms with Crippen molar-refractivity contribution in [3.63, 3.8) is 0 Å². The lowest BCUT2D eigenvalue weighted by atomic mass is 10.1. The topological polar surface area (TPSA) is 0 Å². The van der Waals surface area contributed by atoms with Crippen LogP contribution >= 0.6 is 11.6 Å². The van der Waals surface area contributed by atoms with Crippen LogP contribution < -0.4 is 0 Å². The van der Waals surface area contributed by atoms with E-state index >= 15 is 0 Å². The lowest BCUT2D eigenvalue weighted by molar-refractivity contribution is 1.30. The smallest absolute Gasteiger partial charge is 0.0476 e. The van der Waals surface area contributed by atoms with Crippen LogP contribution in [0.5, 0.6) is 0 Å². The minimum absolute atomic E-state index is 0.587. The quantitative estimate of drug-likeness (QED) is 0.591. The summed E-state index contributed by atoms with van der Waals surface area (Å²) < 4.78 is 0. The molecule has 1 rings (SSSR count). The van der Waals surface area contributed by atoms with Crippen molar-refractivity contribution in [3.05, 3.63) is 41.5 Å². The Balaban J connectivity index is 3.09. The van der Waals surface area contributed by atoms with Crippen LogP contribution in [0.2, 0.25) is 0 Å². The van der Waals surface area contributed by atoms with E-state index in [0.717, 1.165) is 5.56 Å². The highest BCUT2D eigenvalue weighted by atomic mass is 35.5. The maximum Gasteiger partial charge on any atom is 0.0476 e. The maximum absolute atomic E-state index is 5.70. The number of hydrogen-bond donors (Lipinski definition) is 0. The predicted octanol–water partition coefficient (Wildman–Crippen LogP) is 3.38. The summed E-state index contributed by atoms with van der Waals surface area (Å²) in [5, 5.41) is 0. The van der Waals surface area contributed by atoms with Gasteiger partial charge >= 0.3 is 0 Å². The third-order valence-corrected chi connectivity index (χ3v) is 2.03. The van der Waals surface area contributed by atoms with Gasteiger partial charge in [-0.25, -0.2) is 0 Å². The summed E-state index contributed by atoms with van der Waals surface area (Å²) in [5.41, 5.74) is 3.58. The van der Waals surface area contributed by atoms with Crippen molar-refractivity contribution in [2.45, 2.75) is 12.8 Å². The summed E-state index contributed by atoms with van der Waals surface area (Å²) in [6.45, 7) is 5.75. The van der Waals surface area contributed by atoms with Crippen LogP contribution in [-0.4, -0.2) is 0 Å². The molecule has 58 valence electrons. The van der Waals surface area contributed by atoms with E-state index in [0.29, 0.717) is 5.88 Å². The molecule has 0 saturated carbocycles. The van der Waals surface area contributed by atoms with Crippen molar-refractivity contribution in [2.24, 2.45) is 0 Å². The molecule has 1 heteroatoms. The van der Waals surface area contributed by atoms with Gasteiger partial charge < -0.3 is 0 Å². The summed E-state index contributed by atoms with van der Waals surface area (Å²) in [7, 11) is 0. The van der Waals surface area contributed by atoms with Gasteiger partial charge in [-0.1, -0.05) is 30.9 Å². The van der Waals surface area contributed by atoms with Gasteiger partial charge in [0.2, 0.25) is 0 Å². The van der Waals surface area contributed by atoms with Crippen LogP contribution in [0.3, 0.4) is 0 Å². The summed E-state index contributed by atoms with van der Waals surface area (Å²) in [5.74, 6) is 0.587. The first kappa shape index (κ1) is 8.35. The van der Waals surface area contributed by atoms with E-state index in [9.17, 15) is 0 Å². The van der Waals surface area contributed by atoms with E-state index in [-0.39, 0.29) is 0 Å². The minimum Gasteiger partial charge on any atom is -0.122 e. The van der Waals surface area contributed by atoms with Gasteiger partial charge in [-0.05, 0) is 23.6 Å². The molecule has 0 nitrogen and oxygen atoms in total. The monoisotopic (exact) mass is 166 g/mol. The average Bonchev–Trinajstić information content (AvgIpc) is 2.04. The first-order chi connectivity index (χ1) is 5.27. The summed E-state index contributed by atoms with van der Waals surface area (Å²) >= 11 is 5.70. The predicted molar refractivity (Wildman–Crippen MR) is 50.8 cm³/mol. The molecule has 0 N–H and O–H groups in total. The zero-order valence-electron chi connectivity index (χ0n) is 6.60. The molecule has 0 radical (unpaired) electrons. The molecule has 11 heavy (non-hydrogen) atoms. The highest BCUT2D eigenvalue weighted by Gasteiger charge is 1.95. The van der Waals surface area contributed by atoms with Gasteiger partial charge in [0.05, 0.1) is 0 Å². The molecule has 0 aliphatic carbocycles. The number of halogens is 1. The van der Waals surface area contributed by atoms with E-state index in [1.54, 1.807) is 0 Å². The van der Waals surface area contributed by atoms with Crippen molar-refractivity contribution in [2.75, 3.05) is 0 Å². The van der Waals surface area contributed by atoms with E-state index in [1.165, 1.54) is 11.1 Å². The number of benzene rings is 1. The molecular formula is C10H11Cl. The lowest BCUT2D eigenvalue weighted by Crippen LogP contribution is -1.84. The molecule has 1 aromatic rings. The van der Waals surface area contributed by atoms with Crippen LogP contribution in [-0.2, 0) is 5.88 Å². The number of hydrogen-bond acceptors (Lipinski definition) is 0. The van der Waals surface area contributed by atoms with Crippen molar-refractivity contribution >= 4 is 17.7 Å². The molecule has 1 aromatic carbocycles. The van der Waals surface area contributed by atoms with E-state index in [1.807, 2.05) is 18.2 Å². The number of rotatable bonds is 2. The van der Waals surface area contributed by atoms with Crippen molar-refractivity contribution < 1.29 is 0 Å². The summed E-state index contributed by atoms with van der Waals surface area (Å²) in [6.07, 6.45) is 1.84. The Morgan fingerprint density at radius 1 is 1.55 bits per heavy atom. The van der Waals surface area contributed by atoms with Gasteiger partial charge in [0.1, 0.15) is 0 Å². The standard InChI is InChI=1S/C10H11Cl/c1-3-9-4-5-10(7-11)8(2)6-9/h3-6H,1,7H2,2H3. The molecule has 0 aromatic heterocycles. The third kappa shape index (κ3) is 1.84. The van der Waals surface area contributed by atoms with Gasteiger partial charge in [0, 0.05) is 5.88 Å². The van der Waals surface area contributed by atoms with E-state index in [4.69, 9.17) is 11.6 Å². The molecule has 0 unspecified atom stereocenters. The molecule has 0 aliphatic rings. The Hall–Kier alpha value is -0.750. The largest absolute Gasteiger partial charge is 0.122 e. The van der Waals surface area contributed by atoms with Gasteiger partial charge in [0.25, 0.3) is 0 Å². The second-order valence-electron chi connectivity index (χ2n) is 2.52. The van der Waals surface area contributed by atoms with Gasteiger partial charge in [-0.2, -0.15) is 0 Å². The molecule has 0 saturated heterocycles. The number of aryl methyl sites for hydroxylation is 1. The SMILES string of the molecule is C=Cc1ccc(CCl)c(C)c1. The Labute approximate surface area is 72.5 Å². The summed E-state index contributed by atoms with van der Waals surface area (Å²) in [6, 6.07) is 6.15. The molecule has 0 bridgehead atoms. The Morgan fingerprint density at radius 2 is 2.27 bits per heavy atom. The van der Waals surface area contributed by atoms with Crippen LogP contribution in [0.15, 0.2) is 24.8 Å². The first-order valence-corrected chi connectivity index (χ1v) is 4.09. The fourth-order valence-electron chi connectivity index (χ4n) is 0.996. The molecule has 0 fully saturated rings. The fraction of sp³-hybridized carbons (Fsp3) is 0.200. The highest BCUT2D eigenvalue weighted by Crippen LogP contribution is 2.13. The fourth-order valence-corrected chi connectivity index (χ4v) is 1.30. The normalized spacial score (nSPS) is 9.64. The highest BCUT2D eigenvalue weighted by molar-refractivity contribution is 6.17. The third-order valence-electron chi connectivity index (χ3n) is 1.75. The van der Waals surface area contributed by atoms with E-state index < -0.39 is 0 Å². The second kappa shape index (κ2) is 3.59. The molecule has 0 aliphatic heterocycles. The minimum atomic E-state index is 0.587. The number of alkyl halides is 1. The zero-order valence-corrected chi connectivity index (χ0v) is 7.36. The Kier molecular flexibility index (Phi) is 2.72. The molecule has 0 spiro atoms. The van der Waals surface area contributed by atoms with Crippen LogP contribution in [0.25, 0.3) is 6.08 Å². The van der Waals surface area contributed by atoms with Crippen LogP contribution in [0, 0.1) is 6.92 Å². The Morgan fingerprint density at radius 3 is 2.73 bits per heavy atom. The van der Waals surface area contributed by atoms with Gasteiger partial charge in [0.15, 0.2) is 0 Å². The molecule has 0 amide bonds. The average molecular weight is 167 g/mol. The molecule has 0 heterocycles. The Bertz CT molecular complexity index is 264. The second-order valence-corrected chi connectivity index (χ2v) is 2.79. The van der Waals surface area contributed by atoms with Crippen LogP contribution in [0.4, 0.5) is 0 Å². The van der Waals surface area contributed by atoms with Crippen molar-refractivity contribution in [1.29, 1.82) is 0 Å². The van der Waals surface area contributed by atoms with E-state index in [2.05, 4.69) is 19.6 Å². The van der Waals surface area contributed by atoms with Crippen LogP contribution in [0.1, 0.15) is 16.7 Å². The molecule has 0 atom stereocenters. The lowest BCUT2D eigenvalue weighted by Gasteiger charge is -2.01. The van der Waals surface area contributed by atoms with Crippen molar-refractivity contribution in [3.8, 4) is 0 Å². The zero-order chi connectivity index (χ0) is 8.27. The summed E-state index contributed by atoms with van der Waals surface area (Å²) in [4.78, 5) is 0. The van der Waals surface area contributed by atoms with Gasteiger partial charge in [-0.15, -0.1) is 11.6 Å². The van der Waals surface area contributed by atoms with Gasteiger partial charge in [-0.3, -0.25) is 0 Å². The van der Waals surface area contributed by atoms with Crippen molar-refractivity contribution in [1.82, 2.24) is 0 Å². The molecular weight excluding hydrogens is 156 g/mol. The first-order valence-electron chi connectivity index (χ1n) is 3.56.